The van der Waals surface area contributed by atoms with E-state index in [1.54, 1.807) is 6.08 Å². The molecule has 6 nitrogen and oxygen atoms in total. The molecule has 1 aliphatic carbocycles. The van der Waals surface area contributed by atoms with Crippen molar-refractivity contribution < 1.29 is 24.6 Å². The minimum Gasteiger partial charge on any atom is -0.508 e. The Labute approximate surface area is 196 Å². The number of fused-ring (bicyclic) bond motifs is 1. The molecule has 1 heterocycles. The number of esters is 1. The molecule has 2 N–H and O–H groups in total. The summed E-state index contributed by atoms with van der Waals surface area (Å²) < 4.78 is 5.68. The van der Waals surface area contributed by atoms with Gasteiger partial charge in [-0.15, -0.1) is 0 Å². The maximum atomic E-state index is 13.2. The highest BCUT2D eigenvalue weighted by atomic mass is 16.6. The average Bonchev–Trinajstić information content (AvgIpc) is 2.78. The van der Waals surface area contributed by atoms with Crippen LogP contribution in [0, 0.1) is 0 Å². The summed E-state index contributed by atoms with van der Waals surface area (Å²) in [6, 6.07) is 1.28. The number of oxime groups is 1. The van der Waals surface area contributed by atoms with E-state index in [1.165, 1.54) is 6.07 Å². The number of phenols is 2. The van der Waals surface area contributed by atoms with Crippen LogP contribution in [-0.4, -0.2) is 34.6 Å². The summed E-state index contributed by atoms with van der Waals surface area (Å²) in [5.74, 6) is -0.747. The minimum absolute atomic E-state index is 0.0124. The van der Waals surface area contributed by atoms with Crippen LogP contribution in [0.1, 0.15) is 85.7 Å². The van der Waals surface area contributed by atoms with E-state index in [1.807, 2.05) is 25.2 Å². The quantitative estimate of drug-likeness (QED) is 0.249. The monoisotopic (exact) mass is 453 g/mol. The summed E-state index contributed by atoms with van der Waals surface area (Å²) in [7, 11) is 0. The van der Waals surface area contributed by atoms with Crippen molar-refractivity contribution >= 4 is 11.7 Å². The molecule has 3 rings (SSSR count). The molecule has 1 saturated carbocycles. The van der Waals surface area contributed by atoms with E-state index in [4.69, 9.17) is 9.57 Å². The lowest BCUT2D eigenvalue weighted by Gasteiger charge is -2.27. The minimum atomic E-state index is -0.590. The molecule has 33 heavy (non-hydrogen) atoms. The van der Waals surface area contributed by atoms with Gasteiger partial charge in [0.05, 0.1) is 5.71 Å². The molecule has 1 aliphatic heterocycles. The number of allylic oxidation sites excluding steroid dienone is 3. The maximum Gasteiger partial charge on any atom is 0.342 e. The Hall–Kier alpha value is -3.02. The van der Waals surface area contributed by atoms with Gasteiger partial charge < -0.3 is 19.8 Å². The van der Waals surface area contributed by atoms with Crippen molar-refractivity contribution in [1.29, 1.82) is 0 Å². The van der Waals surface area contributed by atoms with Crippen LogP contribution in [0.4, 0.5) is 0 Å². The zero-order chi connectivity index (χ0) is 23.6. The predicted octanol–water partition coefficient (Wildman–Crippen LogP) is 6.09. The first-order valence-corrected chi connectivity index (χ1v) is 11.9. The summed E-state index contributed by atoms with van der Waals surface area (Å²) in [6.45, 7) is 5.74. The fourth-order valence-electron chi connectivity index (χ4n) is 4.56. The Morgan fingerprint density at radius 2 is 1.91 bits per heavy atom. The standard InChI is InChI=1S/C27H35NO5/c1-3-16-32-28-21-15-11-6-4-5-8-12-19(2)33-27(31)26-22(17-21)25(23(29)18-24(26)30)20-13-9-7-10-14-20/h3,5,8,11,15,18-20,29-30H,1,4,6-7,9-10,12-14,16-17H2,2H3/b8-5+,15-11+,28-21+. The van der Waals surface area contributed by atoms with Crippen molar-refractivity contribution in [3.8, 4) is 11.5 Å². The van der Waals surface area contributed by atoms with Crippen molar-refractivity contribution in [3.05, 3.63) is 59.7 Å². The van der Waals surface area contributed by atoms with E-state index in [2.05, 4.69) is 17.8 Å². The molecule has 0 amide bonds. The predicted molar refractivity (Wildman–Crippen MR) is 130 cm³/mol. The number of aromatic hydroxyl groups is 2. The molecule has 1 fully saturated rings. The van der Waals surface area contributed by atoms with Gasteiger partial charge in [-0.3, -0.25) is 0 Å². The van der Waals surface area contributed by atoms with Crippen LogP contribution in [0.15, 0.2) is 48.2 Å². The third-order valence-electron chi connectivity index (χ3n) is 6.14. The molecular formula is C27H35NO5. The highest BCUT2D eigenvalue weighted by molar-refractivity contribution is 6.01. The van der Waals surface area contributed by atoms with Crippen molar-refractivity contribution in [1.82, 2.24) is 0 Å². The van der Waals surface area contributed by atoms with Crippen LogP contribution < -0.4 is 0 Å². The van der Waals surface area contributed by atoms with Crippen molar-refractivity contribution in [2.45, 2.75) is 76.7 Å². The Morgan fingerprint density at radius 1 is 1.15 bits per heavy atom. The molecule has 2 aliphatic rings. The van der Waals surface area contributed by atoms with Gasteiger partial charge in [-0.2, -0.15) is 0 Å². The summed E-state index contributed by atoms with van der Waals surface area (Å²) in [5.41, 5.74) is 1.98. The van der Waals surface area contributed by atoms with Gasteiger partial charge in [0.25, 0.3) is 0 Å². The Kier molecular flexibility index (Phi) is 9.16. The molecule has 0 radical (unpaired) electrons. The topological polar surface area (TPSA) is 88.4 Å². The van der Waals surface area contributed by atoms with Gasteiger partial charge >= 0.3 is 5.97 Å². The Balaban J connectivity index is 2.14. The first kappa shape index (κ1) is 24.6. The van der Waals surface area contributed by atoms with Gasteiger partial charge in [0.1, 0.15) is 29.8 Å². The molecule has 0 aromatic heterocycles. The normalized spacial score (nSPS) is 23.7. The molecule has 0 spiro atoms. The molecule has 1 aromatic rings. The molecule has 0 saturated heterocycles. The maximum absolute atomic E-state index is 13.2. The van der Waals surface area contributed by atoms with Gasteiger partial charge in [-0.05, 0) is 50.2 Å². The van der Waals surface area contributed by atoms with E-state index >= 15 is 0 Å². The second kappa shape index (κ2) is 12.3. The fourth-order valence-corrected chi connectivity index (χ4v) is 4.56. The molecular weight excluding hydrogens is 418 g/mol. The molecule has 0 bridgehead atoms. The van der Waals surface area contributed by atoms with E-state index in [0.29, 0.717) is 23.3 Å². The zero-order valence-corrected chi connectivity index (χ0v) is 19.5. The number of carbonyl (C=O) groups excluding carboxylic acids is 1. The van der Waals surface area contributed by atoms with Crippen LogP contribution in [0.2, 0.25) is 0 Å². The van der Waals surface area contributed by atoms with Crippen molar-refractivity contribution in [2.24, 2.45) is 5.16 Å². The summed E-state index contributed by atoms with van der Waals surface area (Å²) in [6.07, 6.45) is 16.9. The van der Waals surface area contributed by atoms with Crippen LogP contribution in [-0.2, 0) is 16.0 Å². The highest BCUT2D eigenvalue weighted by Gasteiger charge is 2.30. The number of phenolic OH excluding ortho intramolecular Hbond substituents is 2. The van der Waals surface area contributed by atoms with E-state index in [-0.39, 0.29) is 42.1 Å². The molecule has 1 atom stereocenters. The van der Waals surface area contributed by atoms with Crippen LogP contribution in [0.5, 0.6) is 11.5 Å². The number of rotatable bonds is 4. The number of ether oxygens (including phenoxy) is 1. The fraction of sp³-hybridized carbons (Fsp3) is 0.481. The number of nitrogens with zero attached hydrogens (tertiary/aromatic N) is 1. The summed E-state index contributed by atoms with van der Waals surface area (Å²) in [5, 5.41) is 25.9. The smallest absolute Gasteiger partial charge is 0.342 e. The average molecular weight is 454 g/mol. The SMILES string of the molecule is C=CCO/N=C1\C=C\CC/C=C/CC(C)OC(=O)c2c(O)cc(O)c(C3CCCCC3)c2C1. The first-order chi connectivity index (χ1) is 16.0. The molecule has 6 heteroatoms. The number of hydrogen-bond donors (Lipinski definition) is 2. The second-order valence-electron chi connectivity index (χ2n) is 8.76. The third-order valence-corrected chi connectivity index (χ3v) is 6.14. The summed E-state index contributed by atoms with van der Waals surface area (Å²) in [4.78, 5) is 18.6. The van der Waals surface area contributed by atoms with Gasteiger partial charge in [0, 0.05) is 24.5 Å². The van der Waals surface area contributed by atoms with Gasteiger partial charge in [0.15, 0.2) is 0 Å². The second-order valence-corrected chi connectivity index (χ2v) is 8.76. The number of cyclic esters (lactones) is 1. The number of carbonyl (C=O) groups is 1. The molecule has 1 aromatic carbocycles. The lowest BCUT2D eigenvalue weighted by atomic mass is 9.79. The van der Waals surface area contributed by atoms with Gasteiger partial charge in [-0.1, -0.05) is 55.3 Å². The summed E-state index contributed by atoms with van der Waals surface area (Å²) >= 11 is 0. The van der Waals surface area contributed by atoms with Gasteiger partial charge in [0.2, 0.25) is 0 Å². The van der Waals surface area contributed by atoms with Crippen molar-refractivity contribution in [3.63, 3.8) is 0 Å². The lowest BCUT2D eigenvalue weighted by molar-refractivity contribution is 0.0343. The Bertz CT molecular complexity index is 925. The van der Waals surface area contributed by atoms with Crippen LogP contribution in [0.3, 0.4) is 0 Å². The largest absolute Gasteiger partial charge is 0.508 e. The molecule has 178 valence electrons. The highest BCUT2D eigenvalue weighted by Crippen LogP contribution is 2.43. The Morgan fingerprint density at radius 3 is 2.67 bits per heavy atom. The van der Waals surface area contributed by atoms with Crippen molar-refractivity contribution in [2.75, 3.05) is 6.61 Å². The number of benzene rings is 1. The first-order valence-electron chi connectivity index (χ1n) is 11.9. The van der Waals surface area contributed by atoms with Gasteiger partial charge in [-0.25, -0.2) is 4.79 Å². The van der Waals surface area contributed by atoms with E-state index in [9.17, 15) is 15.0 Å². The zero-order valence-electron chi connectivity index (χ0n) is 19.5. The van der Waals surface area contributed by atoms with E-state index in [0.717, 1.165) is 44.9 Å². The molecule has 1 unspecified atom stereocenters. The number of hydrogen-bond acceptors (Lipinski definition) is 6. The van der Waals surface area contributed by atoms with E-state index < -0.39 is 5.97 Å². The van der Waals surface area contributed by atoms with Crippen LogP contribution in [0.25, 0.3) is 0 Å². The third kappa shape index (κ3) is 6.73. The lowest BCUT2D eigenvalue weighted by Crippen LogP contribution is -2.20. The van der Waals surface area contributed by atoms with Crippen LogP contribution >= 0.6 is 0 Å².